The molecule has 0 atom stereocenters. The monoisotopic (exact) mass is 584 g/mol. The molecule has 3 aromatic carbocycles. The largest absolute Gasteiger partial charge is 0.353 e. The van der Waals surface area contributed by atoms with Crippen molar-refractivity contribution in [1.29, 1.82) is 0 Å². The summed E-state index contributed by atoms with van der Waals surface area (Å²) < 4.78 is 2.17. The maximum Gasteiger partial charge on any atom is 0.220 e. The van der Waals surface area contributed by atoms with Gasteiger partial charge < -0.3 is 9.88 Å². The predicted molar refractivity (Wildman–Crippen MR) is 166 cm³/mol. The zero-order chi connectivity index (χ0) is 28.0. The van der Waals surface area contributed by atoms with Crippen molar-refractivity contribution in [2.45, 2.75) is 50.0 Å². The lowest BCUT2D eigenvalue weighted by atomic mass is 10.0. The molecule has 1 fully saturated rings. The van der Waals surface area contributed by atoms with Crippen LogP contribution in [0.2, 0.25) is 5.02 Å². The minimum Gasteiger partial charge on any atom is -0.353 e. The number of hydrogen-bond donors (Lipinski definition) is 1. The van der Waals surface area contributed by atoms with Gasteiger partial charge in [-0.15, -0.1) is 10.2 Å². The number of benzene rings is 3. The summed E-state index contributed by atoms with van der Waals surface area (Å²) in [5, 5.41) is 14.6. The molecule has 0 radical (unpaired) electrons. The Morgan fingerprint density at radius 1 is 0.927 bits per heavy atom. The number of likely N-dealkylation sites (tertiary alicyclic amines) is 1. The third-order valence-corrected chi connectivity index (χ3v) is 8.72. The molecule has 0 spiro atoms. The summed E-state index contributed by atoms with van der Waals surface area (Å²) in [6.45, 7) is 3.63. The van der Waals surface area contributed by atoms with Gasteiger partial charge in [-0.25, -0.2) is 4.98 Å². The van der Waals surface area contributed by atoms with Crippen LogP contribution in [0.1, 0.15) is 36.8 Å². The van der Waals surface area contributed by atoms with Gasteiger partial charge in [0.15, 0.2) is 5.65 Å². The smallest absolute Gasteiger partial charge is 0.220 e. The van der Waals surface area contributed by atoms with Gasteiger partial charge in [-0.1, -0.05) is 84.0 Å². The quantitative estimate of drug-likeness (QED) is 0.153. The molecule has 1 amide bonds. The van der Waals surface area contributed by atoms with Gasteiger partial charge >= 0.3 is 0 Å². The molecular weight excluding hydrogens is 552 g/mol. The number of amides is 1. The molecule has 7 nitrogen and oxygen atoms in total. The highest BCUT2D eigenvalue weighted by Gasteiger charge is 2.21. The van der Waals surface area contributed by atoms with Gasteiger partial charge in [0.2, 0.25) is 11.1 Å². The van der Waals surface area contributed by atoms with E-state index in [0.29, 0.717) is 23.1 Å². The third kappa shape index (κ3) is 6.89. The Hall–Kier alpha value is -3.46. The van der Waals surface area contributed by atoms with Crippen LogP contribution in [-0.2, 0) is 17.9 Å². The highest BCUT2D eigenvalue weighted by molar-refractivity contribution is 7.99. The minimum atomic E-state index is 0.128. The van der Waals surface area contributed by atoms with Crippen molar-refractivity contribution < 1.29 is 4.79 Å². The van der Waals surface area contributed by atoms with E-state index in [-0.39, 0.29) is 11.9 Å². The number of fused-ring (bicyclic) bond motifs is 3. The van der Waals surface area contributed by atoms with Crippen LogP contribution in [0.5, 0.6) is 0 Å². The van der Waals surface area contributed by atoms with Gasteiger partial charge in [0.25, 0.3) is 0 Å². The molecule has 6 rings (SSSR count). The van der Waals surface area contributed by atoms with E-state index in [9.17, 15) is 4.79 Å². The molecule has 5 aromatic rings. The first-order chi connectivity index (χ1) is 20.1. The van der Waals surface area contributed by atoms with Crippen LogP contribution in [0.4, 0.5) is 0 Å². The number of hydrogen-bond acceptors (Lipinski definition) is 6. The first-order valence-corrected chi connectivity index (χ1v) is 15.5. The number of para-hydroxylation sites is 1. The average molecular weight is 585 g/mol. The molecule has 3 heterocycles. The number of halogens is 1. The summed E-state index contributed by atoms with van der Waals surface area (Å²) in [4.78, 5) is 20.0. The first-order valence-electron chi connectivity index (χ1n) is 14.2. The fourth-order valence-electron chi connectivity index (χ4n) is 5.50. The topological polar surface area (TPSA) is 75.9 Å². The van der Waals surface area contributed by atoms with Gasteiger partial charge in [0.1, 0.15) is 5.52 Å². The second-order valence-electron chi connectivity index (χ2n) is 10.6. The molecule has 1 aliphatic heterocycles. The Morgan fingerprint density at radius 2 is 1.71 bits per heavy atom. The predicted octanol–water partition coefficient (Wildman–Crippen LogP) is 6.33. The maximum absolute atomic E-state index is 12.6. The van der Waals surface area contributed by atoms with E-state index in [2.05, 4.69) is 73.5 Å². The molecular formula is C32H33ClN6OS. The zero-order valence-corrected chi connectivity index (χ0v) is 24.4. The average Bonchev–Trinajstić information content (AvgIpc) is 3.29. The summed E-state index contributed by atoms with van der Waals surface area (Å²) in [5.74, 6) is 0.883. The van der Waals surface area contributed by atoms with Gasteiger partial charge in [-0.3, -0.25) is 9.69 Å². The molecule has 2 aromatic heterocycles. The summed E-state index contributed by atoms with van der Waals surface area (Å²) in [6, 6.07) is 26.9. The van der Waals surface area contributed by atoms with E-state index < -0.39 is 0 Å². The van der Waals surface area contributed by atoms with Crippen LogP contribution in [0.15, 0.2) is 84.0 Å². The Labute approximate surface area is 249 Å². The second-order valence-corrected chi connectivity index (χ2v) is 12.1. The number of piperidine rings is 1. The van der Waals surface area contributed by atoms with Crippen molar-refractivity contribution in [3.63, 3.8) is 0 Å². The molecule has 0 aliphatic carbocycles. The number of carbonyl (C=O) groups is 1. The van der Waals surface area contributed by atoms with Crippen LogP contribution in [-0.4, -0.2) is 55.4 Å². The lowest BCUT2D eigenvalue weighted by Crippen LogP contribution is -2.44. The number of nitrogens with zero attached hydrogens (tertiary/aromatic N) is 5. The maximum atomic E-state index is 12.6. The van der Waals surface area contributed by atoms with E-state index in [4.69, 9.17) is 16.6 Å². The van der Waals surface area contributed by atoms with Gasteiger partial charge in [0, 0.05) is 54.8 Å². The Kier molecular flexibility index (Phi) is 8.80. The van der Waals surface area contributed by atoms with Gasteiger partial charge in [-0.05, 0) is 48.6 Å². The van der Waals surface area contributed by atoms with Crippen LogP contribution in [0, 0.1) is 0 Å². The fourth-order valence-corrected chi connectivity index (χ4v) is 6.44. The van der Waals surface area contributed by atoms with Crippen molar-refractivity contribution >= 4 is 51.3 Å². The normalized spacial score (nSPS) is 14.6. The van der Waals surface area contributed by atoms with Crippen LogP contribution >= 0.6 is 23.4 Å². The van der Waals surface area contributed by atoms with Crippen molar-refractivity contribution in [1.82, 2.24) is 30.0 Å². The molecule has 0 bridgehead atoms. The summed E-state index contributed by atoms with van der Waals surface area (Å²) >= 11 is 7.79. The van der Waals surface area contributed by atoms with Crippen LogP contribution in [0.25, 0.3) is 22.1 Å². The highest BCUT2D eigenvalue weighted by Crippen LogP contribution is 2.28. The Morgan fingerprint density at radius 3 is 2.54 bits per heavy atom. The Balaban J connectivity index is 1.01. The van der Waals surface area contributed by atoms with Crippen molar-refractivity contribution in [2.75, 3.05) is 18.8 Å². The summed E-state index contributed by atoms with van der Waals surface area (Å²) in [7, 11) is 0. The highest BCUT2D eigenvalue weighted by atomic mass is 35.5. The van der Waals surface area contributed by atoms with Crippen molar-refractivity contribution in [3.8, 4) is 0 Å². The first kappa shape index (κ1) is 27.7. The van der Waals surface area contributed by atoms with Gasteiger partial charge in [0.05, 0.1) is 5.52 Å². The van der Waals surface area contributed by atoms with Gasteiger partial charge in [-0.2, -0.15) is 0 Å². The molecule has 9 heteroatoms. The van der Waals surface area contributed by atoms with Crippen LogP contribution < -0.4 is 5.32 Å². The van der Waals surface area contributed by atoms with E-state index >= 15 is 0 Å². The summed E-state index contributed by atoms with van der Waals surface area (Å²) in [5.41, 5.74) is 5.10. The Bertz CT molecular complexity index is 1630. The SMILES string of the molecule is O=C(CCCSc1nnc2c3ccccc3n(Cc3cccc(Cl)c3)c2n1)NC1CCN(Cc2ccccc2)CC1. The lowest BCUT2D eigenvalue weighted by Gasteiger charge is -2.32. The van der Waals surface area contributed by atoms with E-state index in [1.54, 1.807) is 11.8 Å². The lowest BCUT2D eigenvalue weighted by molar-refractivity contribution is -0.122. The number of carbonyl (C=O) groups excluding carboxylic acids is 1. The molecule has 210 valence electrons. The molecule has 1 N–H and O–H groups in total. The number of rotatable bonds is 10. The van der Waals surface area contributed by atoms with Crippen molar-refractivity contribution in [2.24, 2.45) is 0 Å². The van der Waals surface area contributed by atoms with E-state index in [1.165, 1.54) is 5.56 Å². The third-order valence-electron chi connectivity index (χ3n) is 7.57. The fraction of sp³-hybridized carbons (Fsp3) is 0.312. The number of thioether (sulfide) groups is 1. The summed E-state index contributed by atoms with van der Waals surface area (Å²) in [6.07, 6.45) is 3.25. The standard InChI is InChI=1S/C32H33ClN6OS/c33-25-11-6-10-24(20-25)22-39-28-13-5-4-12-27(28)30-31(39)35-32(37-36-30)41-19-7-14-29(40)34-26-15-17-38(18-16-26)21-23-8-2-1-3-9-23/h1-6,8-13,20,26H,7,14-19,21-22H2,(H,34,40). The van der Waals surface area contributed by atoms with Crippen molar-refractivity contribution in [3.05, 3.63) is 95.0 Å². The van der Waals surface area contributed by atoms with E-state index in [1.807, 2.05) is 30.3 Å². The molecule has 1 saturated heterocycles. The number of nitrogens with one attached hydrogen (secondary N) is 1. The van der Waals surface area contributed by atoms with Crippen LogP contribution in [0.3, 0.4) is 0 Å². The molecule has 0 saturated carbocycles. The number of aromatic nitrogens is 4. The van der Waals surface area contributed by atoms with E-state index in [0.717, 1.165) is 72.3 Å². The second kappa shape index (κ2) is 13.0. The minimum absolute atomic E-state index is 0.128. The molecule has 0 unspecified atom stereocenters. The molecule has 41 heavy (non-hydrogen) atoms. The zero-order valence-electron chi connectivity index (χ0n) is 22.9. The molecule has 1 aliphatic rings.